The highest BCUT2D eigenvalue weighted by atomic mass is 32.2. The van der Waals surface area contributed by atoms with Crippen molar-refractivity contribution < 1.29 is 0 Å². The molecule has 0 amide bonds. The minimum atomic E-state index is 0.0320. The molecule has 2 heterocycles. The molecular formula is C28H23NS2. The summed E-state index contributed by atoms with van der Waals surface area (Å²) in [7, 11) is 0. The number of para-hydroxylation sites is 1. The van der Waals surface area contributed by atoms with Gasteiger partial charge in [-0.15, -0.1) is 0 Å². The first-order valence-electron chi connectivity index (χ1n) is 11.0. The first kappa shape index (κ1) is 18.2. The smallest absolute Gasteiger partial charge is 0.0503 e. The Morgan fingerprint density at radius 3 is 2.45 bits per heavy atom. The lowest BCUT2D eigenvalue weighted by Gasteiger charge is -2.33. The Morgan fingerprint density at radius 2 is 1.61 bits per heavy atom. The molecule has 1 nitrogen and oxygen atoms in total. The van der Waals surface area contributed by atoms with Gasteiger partial charge in [-0.2, -0.15) is 0 Å². The van der Waals surface area contributed by atoms with Crippen LogP contribution in [0.2, 0.25) is 0 Å². The number of hydrogen-bond acceptors (Lipinski definition) is 2. The molecule has 1 aliphatic heterocycles. The zero-order chi connectivity index (χ0) is 20.9. The first-order chi connectivity index (χ1) is 15.0. The van der Waals surface area contributed by atoms with E-state index in [0.717, 1.165) is 6.42 Å². The minimum absolute atomic E-state index is 0.0320. The summed E-state index contributed by atoms with van der Waals surface area (Å²) in [6.45, 7) is 7.33. The molecule has 31 heavy (non-hydrogen) atoms. The van der Waals surface area contributed by atoms with E-state index >= 15 is 0 Å². The quantitative estimate of drug-likeness (QED) is 0.263. The van der Waals surface area contributed by atoms with Crippen molar-refractivity contribution in [2.24, 2.45) is 5.92 Å². The van der Waals surface area contributed by atoms with Crippen LogP contribution < -0.4 is 0 Å². The molecule has 7 rings (SSSR count). The molecule has 0 fully saturated rings. The summed E-state index contributed by atoms with van der Waals surface area (Å²) in [4.78, 5) is 9.44. The summed E-state index contributed by atoms with van der Waals surface area (Å²) in [5.41, 5.74) is 10.2. The van der Waals surface area contributed by atoms with Crippen LogP contribution in [0.3, 0.4) is 0 Å². The van der Waals surface area contributed by atoms with Crippen LogP contribution in [0.25, 0.3) is 16.5 Å². The molecule has 4 aromatic rings. The van der Waals surface area contributed by atoms with E-state index in [0.29, 0.717) is 5.92 Å². The average molecular weight is 438 g/mol. The Hall–Kier alpha value is -2.36. The molecule has 2 aliphatic carbocycles. The topological polar surface area (TPSA) is 15.8 Å². The molecule has 0 saturated carbocycles. The van der Waals surface area contributed by atoms with Gasteiger partial charge in [0.15, 0.2) is 0 Å². The molecule has 1 aromatic heterocycles. The van der Waals surface area contributed by atoms with Gasteiger partial charge >= 0.3 is 0 Å². The zero-order valence-electron chi connectivity index (χ0n) is 17.9. The first-order valence-corrected chi connectivity index (χ1v) is 12.6. The van der Waals surface area contributed by atoms with Gasteiger partial charge in [-0.25, -0.2) is 0 Å². The van der Waals surface area contributed by atoms with E-state index in [1.54, 1.807) is 5.57 Å². The summed E-state index contributed by atoms with van der Waals surface area (Å²) in [6, 6.07) is 22.4. The molecule has 0 spiro atoms. The lowest BCUT2D eigenvalue weighted by molar-refractivity contribution is 0.516. The van der Waals surface area contributed by atoms with Crippen LogP contribution in [-0.4, -0.2) is 4.98 Å². The lowest BCUT2D eigenvalue weighted by Crippen LogP contribution is -2.25. The van der Waals surface area contributed by atoms with Gasteiger partial charge in [0.05, 0.1) is 5.69 Å². The van der Waals surface area contributed by atoms with Crippen LogP contribution >= 0.6 is 23.5 Å². The van der Waals surface area contributed by atoms with Crippen LogP contribution in [0, 0.1) is 5.92 Å². The molecule has 3 heteroatoms. The Labute approximate surface area is 191 Å². The number of aromatic nitrogens is 1. The van der Waals surface area contributed by atoms with Crippen molar-refractivity contribution >= 4 is 40.0 Å². The second-order valence-corrected chi connectivity index (χ2v) is 11.6. The standard InChI is InChI=1S/C28H23NS2/c1-15-14-18-16-8-4-5-9-19(16)29-26(18)23-17-12-13-22-27(25(17)28(2,3)24(15)23)31-21-11-7-6-10-20(21)30-22/h4-13,15,29H,14H2,1-3H3. The van der Waals surface area contributed by atoms with E-state index in [2.05, 4.69) is 86.4 Å². The summed E-state index contributed by atoms with van der Waals surface area (Å²) >= 11 is 3.89. The molecule has 1 atom stereocenters. The summed E-state index contributed by atoms with van der Waals surface area (Å²) in [5, 5.41) is 1.39. The fraction of sp³-hybridized carbons (Fsp3) is 0.214. The molecule has 152 valence electrons. The normalized spacial score (nSPS) is 20.2. The van der Waals surface area contributed by atoms with Crippen LogP contribution in [0.4, 0.5) is 0 Å². The Kier molecular flexibility index (Phi) is 3.60. The number of H-pyrrole nitrogens is 1. The van der Waals surface area contributed by atoms with Crippen LogP contribution in [0.1, 0.15) is 43.2 Å². The highest BCUT2D eigenvalue weighted by molar-refractivity contribution is 8.05. The van der Waals surface area contributed by atoms with Gasteiger partial charge in [0, 0.05) is 41.5 Å². The fourth-order valence-corrected chi connectivity index (χ4v) is 8.73. The van der Waals surface area contributed by atoms with Crippen molar-refractivity contribution in [2.45, 2.75) is 52.2 Å². The van der Waals surface area contributed by atoms with Crippen LogP contribution in [0.5, 0.6) is 0 Å². The summed E-state index contributed by atoms with van der Waals surface area (Å²) < 4.78 is 0. The average Bonchev–Trinajstić information content (AvgIpc) is 3.25. The predicted octanol–water partition coefficient (Wildman–Crippen LogP) is 8.07. The van der Waals surface area contributed by atoms with Gasteiger partial charge in [0.2, 0.25) is 0 Å². The van der Waals surface area contributed by atoms with Crippen molar-refractivity contribution in [3.8, 4) is 0 Å². The van der Waals surface area contributed by atoms with Gasteiger partial charge in [-0.05, 0) is 58.9 Å². The third-order valence-corrected chi connectivity index (χ3v) is 9.90. The maximum absolute atomic E-state index is 3.81. The summed E-state index contributed by atoms with van der Waals surface area (Å²) in [5.74, 6) is 0.535. The van der Waals surface area contributed by atoms with Crippen LogP contribution in [0.15, 0.2) is 85.8 Å². The largest absolute Gasteiger partial charge is 0.354 e. The van der Waals surface area contributed by atoms with Gasteiger partial charge in [0.1, 0.15) is 0 Å². The van der Waals surface area contributed by atoms with Crippen LogP contribution in [-0.2, 0) is 11.8 Å². The summed E-state index contributed by atoms with van der Waals surface area (Å²) in [6.07, 6.45) is 1.11. The van der Waals surface area contributed by atoms with Crippen molar-refractivity contribution in [2.75, 3.05) is 0 Å². The molecular weight excluding hydrogens is 414 g/mol. The van der Waals surface area contributed by atoms with Gasteiger partial charge in [0.25, 0.3) is 0 Å². The number of nitrogens with one attached hydrogen (secondary N) is 1. The van der Waals surface area contributed by atoms with Crippen molar-refractivity contribution in [1.82, 2.24) is 4.98 Å². The molecule has 0 bridgehead atoms. The van der Waals surface area contributed by atoms with E-state index in [1.165, 1.54) is 58.4 Å². The molecule has 0 saturated heterocycles. The highest BCUT2D eigenvalue weighted by Gasteiger charge is 2.46. The third kappa shape index (κ3) is 2.31. The van der Waals surface area contributed by atoms with Crippen molar-refractivity contribution in [1.29, 1.82) is 0 Å². The van der Waals surface area contributed by atoms with Gasteiger partial charge < -0.3 is 4.98 Å². The molecule has 0 radical (unpaired) electrons. The predicted molar refractivity (Wildman–Crippen MR) is 131 cm³/mol. The maximum atomic E-state index is 3.81. The van der Waals surface area contributed by atoms with Gasteiger partial charge in [-0.3, -0.25) is 0 Å². The maximum Gasteiger partial charge on any atom is 0.0503 e. The number of aromatic amines is 1. The molecule has 3 aromatic carbocycles. The number of allylic oxidation sites excluding steroid dienone is 1. The molecule has 3 aliphatic rings. The molecule has 1 N–H and O–H groups in total. The van der Waals surface area contributed by atoms with E-state index in [9.17, 15) is 0 Å². The Balaban J connectivity index is 1.50. The minimum Gasteiger partial charge on any atom is -0.354 e. The monoisotopic (exact) mass is 437 g/mol. The zero-order valence-corrected chi connectivity index (χ0v) is 19.5. The lowest BCUT2D eigenvalue weighted by atomic mass is 9.72. The fourth-order valence-electron chi connectivity index (χ4n) is 6.18. The highest BCUT2D eigenvalue weighted by Crippen LogP contribution is 2.61. The van der Waals surface area contributed by atoms with Gasteiger partial charge in [-0.1, -0.05) is 80.7 Å². The van der Waals surface area contributed by atoms with E-state index in [-0.39, 0.29) is 5.41 Å². The Bertz CT molecular complexity index is 1450. The Morgan fingerprint density at radius 1 is 0.871 bits per heavy atom. The third-order valence-electron chi connectivity index (χ3n) is 7.31. The number of hydrogen-bond donors (Lipinski definition) is 1. The number of fused-ring (bicyclic) bond motifs is 9. The number of rotatable bonds is 0. The van der Waals surface area contributed by atoms with E-state index in [4.69, 9.17) is 0 Å². The second kappa shape index (κ2) is 6.11. The van der Waals surface area contributed by atoms with E-state index < -0.39 is 0 Å². The molecule has 1 unspecified atom stereocenters. The number of benzene rings is 3. The van der Waals surface area contributed by atoms with E-state index in [1.807, 2.05) is 23.5 Å². The van der Waals surface area contributed by atoms with Crippen molar-refractivity contribution in [3.05, 3.63) is 88.6 Å². The SMILES string of the molecule is CC1Cc2c([nH]c3ccccc23)C2=C1C(C)(C)c1c2ccc2c1Sc1ccccc1S2. The second-order valence-electron chi connectivity index (χ2n) is 9.51. The van der Waals surface area contributed by atoms with Crippen molar-refractivity contribution in [3.63, 3.8) is 0 Å².